The molecule has 8 nitrogen and oxygen atoms in total. The lowest BCUT2D eigenvalue weighted by Crippen LogP contribution is -2.50. The number of amides is 3. The molecule has 0 bridgehead atoms. The number of hydrogen-bond acceptors (Lipinski definition) is 4. The number of carboxylic acid groups (broad SMARTS) is 1. The Morgan fingerprint density at radius 3 is 2.35 bits per heavy atom. The standard InChI is InChI=1S/C12H21N3O5/c13-10(17)7-8-1-4-15(5-2-8)12(20)14-9(3-6-16)11(18)19/h8-9,16H,1-7H2,(H2,13,17)(H,14,20)(H,18,19)/t9-/m0/s1. The number of piperidine rings is 1. The van der Waals surface area contributed by atoms with Crippen molar-refractivity contribution in [2.24, 2.45) is 11.7 Å². The lowest BCUT2D eigenvalue weighted by molar-refractivity contribution is -0.139. The highest BCUT2D eigenvalue weighted by atomic mass is 16.4. The average Bonchev–Trinajstić information content (AvgIpc) is 2.38. The maximum atomic E-state index is 11.9. The van der Waals surface area contributed by atoms with Gasteiger partial charge in [-0.2, -0.15) is 0 Å². The van der Waals surface area contributed by atoms with Gasteiger partial charge in [0.1, 0.15) is 6.04 Å². The molecule has 5 N–H and O–H groups in total. The van der Waals surface area contributed by atoms with Crippen molar-refractivity contribution in [2.75, 3.05) is 19.7 Å². The van der Waals surface area contributed by atoms with Crippen molar-refractivity contribution in [2.45, 2.75) is 31.7 Å². The molecule has 0 aromatic rings. The van der Waals surface area contributed by atoms with Crippen molar-refractivity contribution in [1.82, 2.24) is 10.2 Å². The van der Waals surface area contributed by atoms with Gasteiger partial charge >= 0.3 is 12.0 Å². The Morgan fingerprint density at radius 1 is 1.30 bits per heavy atom. The fourth-order valence-electron chi connectivity index (χ4n) is 2.25. The first-order chi connectivity index (χ1) is 9.43. The van der Waals surface area contributed by atoms with Crippen LogP contribution in [0.25, 0.3) is 0 Å². The van der Waals surface area contributed by atoms with E-state index >= 15 is 0 Å². The van der Waals surface area contributed by atoms with E-state index in [1.165, 1.54) is 4.90 Å². The van der Waals surface area contributed by atoms with Gasteiger partial charge in [-0.1, -0.05) is 0 Å². The lowest BCUT2D eigenvalue weighted by Gasteiger charge is -2.32. The SMILES string of the molecule is NC(=O)CC1CCN(C(=O)N[C@@H](CCO)C(=O)O)CC1. The van der Waals surface area contributed by atoms with Crippen molar-refractivity contribution in [3.63, 3.8) is 0 Å². The largest absolute Gasteiger partial charge is 0.480 e. The smallest absolute Gasteiger partial charge is 0.326 e. The van der Waals surface area contributed by atoms with E-state index in [1.54, 1.807) is 0 Å². The Kier molecular flexibility index (Phi) is 6.23. The van der Waals surface area contributed by atoms with Gasteiger partial charge in [-0.25, -0.2) is 9.59 Å². The maximum absolute atomic E-state index is 11.9. The molecule has 0 aromatic heterocycles. The highest BCUT2D eigenvalue weighted by molar-refractivity contribution is 5.82. The highest BCUT2D eigenvalue weighted by Crippen LogP contribution is 2.20. The summed E-state index contributed by atoms with van der Waals surface area (Å²) in [6.45, 7) is 0.627. The van der Waals surface area contributed by atoms with Crippen molar-refractivity contribution >= 4 is 17.9 Å². The Morgan fingerprint density at radius 2 is 1.90 bits per heavy atom. The topological polar surface area (TPSA) is 133 Å². The van der Waals surface area contributed by atoms with Crippen LogP contribution in [0.5, 0.6) is 0 Å². The second kappa shape index (κ2) is 7.68. The maximum Gasteiger partial charge on any atom is 0.326 e. The van der Waals surface area contributed by atoms with Crippen LogP contribution in [0.2, 0.25) is 0 Å². The third-order valence-electron chi connectivity index (χ3n) is 3.41. The van der Waals surface area contributed by atoms with Crippen LogP contribution < -0.4 is 11.1 Å². The van der Waals surface area contributed by atoms with E-state index in [-0.39, 0.29) is 24.9 Å². The van der Waals surface area contributed by atoms with Gasteiger partial charge in [0, 0.05) is 32.5 Å². The summed E-state index contributed by atoms with van der Waals surface area (Å²) in [4.78, 5) is 35.1. The molecule has 0 saturated carbocycles. The summed E-state index contributed by atoms with van der Waals surface area (Å²) in [6, 6.07) is -1.54. The van der Waals surface area contributed by atoms with Crippen LogP contribution in [0.1, 0.15) is 25.7 Å². The molecule has 0 spiro atoms. The van der Waals surface area contributed by atoms with Gasteiger partial charge < -0.3 is 26.2 Å². The van der Waals surface area contributed by atoms with E-state index in [1.807, 2.05) is 0 Å². The summed E-state index contributed by atoms with van der Waals surface area (Å²) in [6.07, 6.45) is 1.64. The number of carbonyl (C=O) groups is 3. The third-order valence-corrected chi connectivity index (χ3v) is 3.41. The van der Waals surface area contributed by atoms with Gasteiger partial charge in [0.15, 0.2) is 0 Å². The minimum Gasteiger partial charge on any atom is -0.480 e. The molecule has 1 aliphatic rings. The minimum atomic E-state index is -1.17. The zero-order valence-electron chi connectivity index (χ0n) is 11.2. The zero-order valence-corrected chi connectivity index (χ0v) is 11.2. The number of nitrogens with zero attached hydrogens (tertiary/aromatic N) is 1. The number of aliphatic hydroxyl groups is 1. The van der Waals surface area contributed by atoms with Crippen molar-refractivity contribution < 1.29 is 24.6 Å². The average molecular weight is 287 g/mol. The normalized spacial score (nSPS) is 17.6. The third kappa shape index (κ3) is 5.04. The van der Waals surface area contributed by atoms with Gasteiger partial charge in [0.25, 0.3) is 0 Å². The number of aliphatic carboxylic acids is 1. The molecule has 0 radical (unpaired) electrons. The second-order valence-corrected chi connectivity index (χ2v) is 4.95. The molecular weight excluding hydrogens is 266 g/mol. The van der Waals surface area contributed by atoms with E-state index in [0.29, 0.717) is 32.4 Å². The Labute approximate surface area is 116 Å². The summed E-state index contributed by atoms with van der Waals surface area (Å²) >= 11 is 0. The molecule has 1 heterocycles. The molecule has 8 heteroatoms. The molecule has 20 heavy (non-hydrogen) atoms. The van der Waals surface area contributed by atoms with Crippen LogP contribution in [0.3, 0.4) is 0 Å². The molecule has 1 rings (SSSR count). The summed E-state index contributed by atoms with van der Waals surface area (Å²) < 4.78 is 0. The van der Waals surface area contributed by atoms with Gasteiger partial charge in [0.2, 0.25) is 5.91 Å². The lowest BCUT2D eigenvalue weighted by atomic mass is 9.93. The number of nitrogens with one attached hydrogen (secondary N) is 1. The minimum absolute atomic E-state index is 0.0286. The molecule has 0 unspecified atom stereocenters. The van der Waals surface area contributed by atoms with Crippen LogP contribution in [0, 0.1) is 5.92 Å². The summed E-state index contributed by atoms with van der Waals surface area (Å²) in [5.41, 5.74) is 5.13. The number of carbonyl (C=O) groups excluding carboxylic acids is 2. The molecule has 0 aliphatic carbocycles. The zero-order chi connectivity index (χ0) is 15.1. The highest BCUT2D eigenvalue weighted by Gasteiger charge is 2.26. The van der Waals surface area contributed by atoms with Crippen molar-refractivity contribution in [1.29, 1.82) is 0 Å². The van der Waals surface area contributed by atoms with E-state index in [9.17, 15) is 14.4 Å². The molecular formula is C12H21N3O5. The summed E-state index contributed by atoms with van der Waals surface area (Å²) in [5.74, 6) is -1.33. The van der Waals surface area contributed by atoms with Crippen LogP contribution in [0.15, 0.2) is 0 Å². The first kappa shape index (κ1) is 16.2. The number of primary amides is 1. The monoisotopic (exact) mass is 287 g/mol. The van der Waals surface area contributed by atoms with E-state index in [4.69, 9.17) is 15.9 Å². The van der Waals surface area contributed by atoms with E-state index < -0.39 is 18.0 Å². The number of rotatable bonds is 6. The van der Waals surface area contributed by atoms with Crippen molar-refractivity contribution in [3.05, 3.63) is 0 Å². The molecule has 1 atom stereocenters. The molecule has 114 valence electrons. The van der Waals surface area contributed by atoms with Crippen LogP contribution in [-0.2, 0) is 9.59 Å². The molecule has 1 saturated heterocycles. The summed E-state index contributed by atoms with van der Waals surface area (Å²) in [5, 5.41) is 20.0. The van der Waals surface area contributed by atoms with Gasteiger partial charge in [0.05, 0.1) is 0 Å². The molecule has 1 fully saturated rings. The van der Waals surface area contributed by atoms with E-state index in [0.717, 1.165) is 0 Å². The fourth-order valence-corrected chi connectivity index (χ4v) is 2.25. The summed E-state index contributed by atoms with van der Waals surface area (Å²) in [7, 11) is 0. The quantitative estimate of drug-likeness (QED) is 0.503. The number of aliphatic hydroxyl groups excluding tert-OH is 1. The molecule has 3 amide bonds. The Bertz CT molecular complexity index is 366. The Hall–Kier alpha value is -1.83. The Balaban J connectivity index is 2.42. The predicted molar refractivity (Wildman–Crippen MR) is 69.8 cm³/mol. The second-order valence-electron chi connectivity index (χ2n) is 4.95. The molecule has 0 aromatic carbocycles. The number of likely N-dealkylation sites (tertiary alicyclic amines) is 1. The molecule has 1 aliphatic heterocycles. The van der Waals surface area contributed by atoms with Crippen molar-refractivity contribution in [3.8, 4) is 0 Å². The predicted octanol–water partition coefficient (Wildman–Crippen LogP) is -0.881. The number of hydrogen-bond donors (Lipinski definition) is 4. The van der Waals surface area contributed by atoms with Crippen LogP contribution >= 0.6 is 0 Å². The number of urea groups is 1. The first-order valence-corrected chi connectivity index (χ1v) is 6.61. The fraction of sp³-hybridized carbons (Fsp3) is 0.750. The van der Waals surface area contributed by atoms with Crippen LogP contribution in [-0.4, -0.2) is 58.8 Å². The number of carboxylic acids is 1. The first-order valence-electron chi connectivity index (χ1n) is 6.61. The van der Waals surface area contributed by atoms with Gasteiger partial charge in [-0.05, 0) is 18.8 Å². The number of nitrogens with two attached hydrogens (primary N) is 1. The van der Waals surface area contributed by atoms with Gasteiger partial charge in [-0.3, -0.25) is 4.79 Å². The van der Waals surface area contributed by atoms with E-state index in [2.05, 4.69) is 5.32 Å². The van der Waals surface area contributed by atoms with Crippen LogP contribution in [0.4, 0.5) is 4.79 Å². The van der Waals surface area contributed by atoms with Gasteiger partial charge in [-0.15, -0.1) is 0 Å².